The first kappa shape index (κ1) is 9.97. The predicted octanol–water partition coefficient (Wildman–Crippen LogP) is 3.32. The number of allylic oxidation sites excluding steroid dienone is 2. The van der Waals surface area contributed by atoms with E-state index in [1.165, 1.54) is 12.1 Å². The molecule has 1 fully saturated rings. The highest BCUT2D eigenvalue weighted by Crippen LogP contribution is 2.32. The molecule has 1 heterocycles. The summed E-state index contributed by atoms with van der Waals surface area (Å²) in [4.78, 5) is 0. The van der Waals surface area contributed by atoms with Crippen LogP contribution in [0.3, 0.4) is 0 Å². The average molecular weight is 203 g/mol. The zero-order valence-electron chi connectivity index (χ0n) is 8.59. The number of halogens is 1. The van der Waals surface area contributed by atoms with Crippen LogP contribution < -0.4 is 5.32 Å². The van der Waals surface area contributed by atoms with Gasteiger partial charge < -0.3 is 5.32 Å². The normalized spacial score (nSPS) is 17.7. The van der Waals surface area contributed by atoms with Gasteiger partial charge in [-0.2, -0.15) is 0 Å². The molecule has 1 aliphatic heterocycles. The molecule has 1 aliphatic rings. The van der Waals surface area contributed by atoms with Gasteiger partial charge in [0, 0.05) is 11.4 Å². The molecule has 0 radical (unpaired) electrons. The minimum atomic E-state index is -0.190. The average Bonchev–Trinajstić information content (AvgIpc) is 2.17. The quantitative estimate of drug-likeness (QED) is 0.738. The van der Waals surface area contributed by atoms with Gasteiger partial charge in [-0.1, -0.05) is 25.3 Å². The van der Waals surface area contributed by atoms with E-state index in [1.54, 1.807) is 0 Å². The number of benzene rings is 1. The molecule has 1 aromatic rings. The first-order valence-electron chi connectivity index (χ1n) is 5.03. The highest BCUT2D eigenvalue weighted by molar-refractivity contribution is 5.26. The van der Waals surface area contributed by atoms with E-state index in [1.807, 2.05) is 12.1 Å². The van der Waals surface area contributed by atoms with Crippen LogP contribution in [0.25, 0.3) is 0 Å². The lowest BCUT2D eigenvalue weighted by Crippen LogP contribution is -2.21. The maximum Gasteiger partial charge on any atom is 0.123 e. The van der Waals surface area contributed by atoms with Crippen molar-refractivity contribution in [2.24, 2.45) is 0 Å². The Morgan fingerprint density at radius 3 is 2.13 bits per heavy atom. The first-order valence-corrected chi connectivity index (χ1v) is 5.03. The smallest absolute Gasteiger partial charge is 0.123 e. The second kappa shape index (κ2) is 3.89. The van der Waals surface area contributed by atoms with E-state index in [0.717, 1.165) is 29.8 Å². The fourth-order valence-electron chi connectivity index (χ4n) is 1.99. The Balaban J connectivity index is 2.19. The van der Waals surface area contributed by atoms with Crippen LogP contribution >= 0.6 is 0 Å². The molecule has 0 unspecified atom stereocenters. The van der Waals surface area contributed by atoms with E-state index in [-0.39, 0.29) is 5.82 Å². The van der Waals surface area contributed by atoms with Crippen molar-refractivity contribution in [2.45, 2.75) is 18.8 Å². The Morgan fingerprint density at radius 1 is 1.07 bits per heavy atom. The van der Waals surface area contributed by atoms with Gasteiger partial charge in [-0.3, -0.25) is 0 Å². The summed E-state index contributed by atoms with van der Waals surface area (Å²) >= 11 is 0. The van der Waals surface area contributed by atoms with Crippen LogP contribution in [0.15, 0.2) is 48.8 Å². The van der Waals surface area contributed by atoms with Crippen LogP contribution in [0.5, 0.6) is 0 Å². The maximum atomic E-state index is 12.8. The van der Waals surface area contributed by atoms with Gasteiger partial charge in [0.2, 0.25) is 0 Å². The van der Waals surface area contributed by atoms with Crippen molar-refractivity contribution < 1.29 is 4.39 Å². The zero-order chi connectivity index (χ0) is 10.8. The molecule has 0 aromatic heterocycles. The van der Waals surface area contributed by atoms with Gasteiger partial charge in [-0.05, 0) is 36.5 Å². The fourth-order valence-corrected chi connectivity index (χ4v) is 1.99. The highest BCUT2D eigenvalue weighted by Gasteiger charge is 2.19. The molecule has 0 aliphatic carbocycles. The molecule has 78 valence electrons. The lowest BCUT2D eigenvalue weighted by molar-refractivity contribution is 0.576. The third-order valence-corrected chi connectivity index (χ3v) is 2.68. The summed E-state index contributed by atoms with van der Waals surface area (Å²) in [5.74, 6) is 0.192. The third-order valence-electron chi connectivity index (χ3n) is 2.68. The molecule has 15 heavy (non-hydrogen) atoms. The molecule has 0 saturated carbocycles. The van der Waals surface area contributed by atoms with E-state index in [0.29, 0.717) is 5.92 Å². The van der Waals surface area contributed by atoms with Gasteiger partial charge >= 0.3 is 0 Å². The van der Waals surface area contributed by atoms with Crippen molar-refractivity contribution in [3.8, 4) is 0 Å². The number of nitrogens with one attached hydrogen (secondary N) is 1. The van der Waals surface area contributed by atoms with Crippen LogP contribution in [0.1, 0.15) is 24.3 Å². The van der Waals surface area contributed by atoms with Crippen molar-refractivity contribution in [3.63, 3.8) is 0 Å². The second-order valence-electron chi connectivity index (χ2n) is 3.99. The first-order chi connectivity index (χ1) is 7.15. The van der Waals surface area contributed by atoms with Crippen molar-refractivity contribution in [1.29, 1.82) is 0 Å². The van der Waals surface area contributed by atoms with Crippen molar-refractivity contribution >= 4 is 0 Å². The summed E-state index contributed by atoms with van der Waals surface area (Å²) in [6.45, 7) is 7.82. The van der Waals surface area contributed by atoms with Crippen LogP contribution in [-0.4, -0.2) is 0 Å². The molecular formula is C13H14FN. The number of hydrogen-bond acceptors (Lipinski definition) is 1. The Bertz CT molecular complexity index is 376. The number of hydrogen-bond donors (Lipinski definition) is 1. The summed E-state index contributed by atoms with van der Waals surface area (Å²) in [5, 5.41) is 3.13. The van der Waals surface area contributed by atoms with Crippen LogP contribution in [0.2, 0.25) is 0 Å². The van der Waals surface area contributed by atoms with Gasteiger partial charge in [0.15, 0.2) is 0 Å². The molecular weight excluding hydrogens is 189 g/mol. The molecule has 0 amide bonds. The van der Waals surface area contributed by atoms with E-state index in [4.69, 9.17) is 0 Å². The van der Waals surface area contributed by atoms with Crippen LogP contribution in [0, 0.1) is 5.82 Å². The van der Waals surface area contributed by atoms with E-state index >= 15 is 0 Å². The number of rotatable bonds is 1. The third kappa shape index (κ3) is 2.27. The zero-order valence-corrected chi connectivity index (χ0v) is 8.59. The monoisotopic (exact) mass is 203 g/mol. The summed E-state index contributed by atoms with van der Waals surface area (Å²) in [6, 6.07) is 6.68. The van der Waals surface area contributed by atoms with Crippen LogP contribution in [0.4, 0.5) is 4.39 Å². The van der Waals surface area contributed by atoms with E-state index in [9.17, 15) is 4.39 Å². The SMILES string of the molecule is C=C1CC(c2ccc(F)cc2)CC(=C)N1. The van der Waals surface area contributed by atoms with E-state index < -0.39 is 0 Å². The van der Waals surface area contributed by atoms with E-state index in [2.05, 4.69) is 18.5 Å². The van der Waals surface area contributed by atoms with Gasteiger partial charge in [0.05, 0.1) is 0 Å². The molecule has 2 rings (SSSR count). The standard InChI is InChI=1S/C13H14FN/c1-9-7-12(8-10(2)15-9)11-3-5-13(14)6-4-11/h3-6,12,15H,1-2,7-8H2. The summed E-state index contributed by atoms with van der Waals surface area (Å²) in [6.07, 6.45) is 1.79. The lowest BCUT2D eigenvalue weighted by atomic mass is 9.87. The van der Waals surface area contributed by atoms with Gasteiger partial charge in [0.1, 0.15) is 5.82 Å². The largest absolute Gasteiger partial charge is 0.363 e. The summed E-state index contributed by atoms with van der Waals surface area (Å²) in [5.41, 5.74) is 3.13. The molecule has 0 spiro atoms. The van der Waals surface area contributed by atoms with Crippen molar-refractivity contribution in [2.75, 3.05) is 0 Å². The molecule has 1 N–H and O–H groups in total. The van der Waals surface area contributed by atoms with Gasteiger partial charge in [-0.15, -0.1) is 0 Å². The van der Waals surface area contributed by atoms with Gasteiger partial charge in [-0.25, -0.2) is 4.39 Å². The Morgan fingerprint density at radius 2 is 1.60 bits per heavy atom. The molecule has 2 heteroatoms. The lowest BCUT2D eigenvalue weighted by Gasteiger charge is -2.27. The summed E-state index contributed by atoms with van der Waals surface area (Å²) < 4.78 is 12.8. The summed E-state index contributed by atoms with van der Waals surface area (Å²) in [7, 11) is 0. The molecule has 1 saturated heterocycles. The topological polar surface area (TPSA) is 12.0 Å². The van der Waals surface area contributed by atoms with Crippen molar-refractivity contribution in [1.82, 2.24) is 5.32 Å². The Labute approximate surface area is 89.3 Å². The van der Waals surface area contributed by atoms with Crippen LogP contribution in [-0.2, 0) is 0 Å². The molecule has 0 bridgehead atoms. The second-order valence-corrected chi connectivity index (χ2v) is 3.99. The minimum absolute atomic E-state index is 0.190. The predicted molar refractivity (Wildman–Crippen MR) is 59.8 cm³/mol. The number of piperidine rings is 1. The van der Waals surface area contributed by atoms with Gasteiger partial charge in [0.25, 0.3) is 0 Å². The highest BCUT2D eigenvalue weighted by atomic mass is 19.1. The Hall–Kier alpha value is -1.57. The fraction of sp³-hybridized carbons (Fsp3) is 0.231. The molecule has 1 nitrogen and oxygen atoms in total. The van der Waals surface area contributed by atoms with Crippen molar-refractivity contribution in [3.05, 3.63) is 60.2 Å². The molecule has 0 atom stereocenters. The molecule has 1 aromatic carbocycles. The Kier molecular flexibility index (Phi) is 2.58. The maximum absolute atomic E-state index is 12.8. The minimum Gasteiger partial charge on any atom is -0.363 e.